The highest BCUT2D eigenvalue weighted by Gasteiger charge is 3.16. The van der Waals surface area contributed by atoms with Crippen molar-refractivity contribution in [2.45, 2.75) is 238 Å². The first kappa shape index (κ1) is 123. The van der Waals surface area contributed by atoms with Gasteiger partial charge in [-0.3, -0.25) is 0 Å². The highest BCUT2D eigenvalue weighted by molar-refractivity contribution is 5.25. The molecule has 126 heavy (non-hydrogen) atoms. The lowest BCUT2D eigenvalue weighted by Crippen LogP contribution is -3.00. The van der Waals surface area contributed by atoms with Gasteiger partial charge in [-0.1, -0.05) is 4.48 Å². The van der Waals surface area contributed by atoms with Gasteiger partial charge in [-0.2, -0.15) is 334 Å². The number of nitrogens with zero attached hydrogens (tertiary/aromatic N) is 1. The van der Waals surface area contributed by atoms with Gasteiger partial charge in [-0.05, 0) is 0 Å². The summed E-state index contributed by atoms with van der Waals surface area (Å²) in [7, 11) is 0. The minimum absolute atomic E-state index is 0. The third-order valence-electron chi connectivity index (χ3n) is 15.7. The first-order chi connectivity index (χ1) is 52.0. The van der Waals surface area contributed by atoms with Crippen LogP contribution in [0, 0.1) is 0 Å². The summed E-state index contributed by atoms with van der Waals surface area (Å²) >= 11 is 0. The van der Waals surface area contributed by atoms with Crippen LogP contribution < -0.4 is 24.0 Å². The molecule has 1 nitrogen and oxygen atoms in total. The van der Waals surface area contributed by atoms with Gasteiger partial charge in [0.1, 0.15) is 0 Å². The third-order valence-corrected chi connectivity index (χ3v) is 15.7. The standard InChI is InChI=1S/C40F84N.HI/c41-1(42,3(45,46)5(49,50)7(53,54)9(57,58)17(73,74)25(89,90)33(105,106)107)2(43,44)4(47,48)6(51,52)8(55,56)13(65,66)21(81,82)29(97,98)37(117,118)125(38(119,120)30(99,100)22(83,84)14(67,68)10(59,60)18(75,76)26(91,92)34(108,109)110,39(121,122)31(101,102)23(85,86)15(69,70)11(61,62)19(77,78)27(93,94)35(111,112)113)40(123,124)32(103,104)24(87,88)16(71,72)12(63,64)20(79,80)28(95,96)36(114,115)116;/h;1H/q+1;/p-1. The van der Waals surface area contributed by atoms with E-state index in [4.69, 9.17) is 0 Å². The van der Waals surface area contributed by atoms with E-state index in [2.05, 4.69) is 0 Å². The minimum atomic E-state index is -14.9. The number of quaternary nitrogens is 1. The fourth-order valence-electron chi connectivity index (χ4n) is 8.10. The molecule has 0 saturated heterocycles. The fraction of sp³-hybridized carbons (Fsp3) is 1.00. The van der Waals surface area contributed by atoms with Crippen molar-refractivity contribution in [1.82, 2.24) is 0 Å². The van der Waals surface area contributed by atoms with Crippen LogP contribution >= 0.6 is 0 Å². The van der Waals surface area contributed by atoms with E-state index in [1.165, 1.54) is 0 Å². The summed E-state index contributed by atoms with van der Waals surface area (Å²) in [6.45, 7) is 0. The monoisotopic (exact) mass is 2220 g/mol. The number of alkyl halides is 84. The Bertz CT molecular complexity index is 3620. The molecule has 0 spiro atoms. The van der Waals surface area contributed by atoms with Crippen molar-refractivity contribution in [2.24, 2.45) is 0 Å². The van der Waals surface area contributed by atoms with E-state index in [-0.39, 0.29) is 24.0 Å². The minimum Gasteiger partial charge on any atom is -1.00 e. The second-order valence-corrected chi connectivity index (χ2v) is 23.2. The third kappa shape index (κ3) is 13.1. The first-order valence-corrected chi connectivity index (χ1v) is 25.8. The van der Waals surface area contributed by atoms with E-state index in [1.54, 1.807) is 0 Å². The van der Waals surface area contributed by atoms with Crippen molar-refractivity contribution < 1.29 is 397 Å². The fourth-order valence-corrected chi connectivity index (χ4v) is 8.10. The molecular weight excluding hydrogens is 2220 g/mol. The van der Waals surface area contributed by atoms with E-state index >= 15 is 123 Å². The van der Waals surface area contributed by atoms with Gasteiger partial charge in [0, 0.05) is 0 Å². The molecule has 0 aliphatic rings. The van der Waals surface area contributed by atoms with Gasteiger partial charge in [-0.25, -0.2) is 0 Å². The van der Waals surface area contributed by atoms with E-state index in [9.17, 15) is 246 Å². The smallest absolute Gasteiger partial charge is 0.476 e. The lowest BCUT2D eigenvalue weighted by atomic mass is 9.82. The molecule has 0 aromatic carbocycles. The second-order valence-electron chi connectivity index (χ2n) is 23.2. The summed E-state index contributed by atoms with van der Waals surface area (Å²) < 4.78 is 1200. The van der Waals surface area contributed by atoms with Crippen molar-refractivity contribution in [2.75, 3.05) is 0 Å². The molecule has 0 amide bonds. The molecule has 0 aliphatic heterocycles. The van der Waals surface area contributed by atoms with E-state index in [1.807, 2.05) is 0 Å². The predicted octanol–water partition coefficient (Wildman–Crippen LogP) is 23.8. The lowest BCUT2D eigenvalue weighted by molar-refractivity contribution is -1.21. The SMILES string of the molecule is FC(F)(F)C(F)(F)C(F)(F)C(F)(F)C(F)(F)C(F)(F)C(F)(F)C(F)(F)C(F)(F)C(F)(F)C(F)(F)C(F)(F)C(F)(F)C(F)(F)C(F)(F)C(F)(F)[N+](C(F)(F)C(F)(F)C(F)(F)C(F)(F)C(F)(F)C(F)(F)C(F)(F)C(F)(F)F)(C(F)(F)C(F)(F)C(F)(F)C(F)(F)C(F)(F)C(F)(F)C(F)(F)C(F)(F)F)C(F)(F)C(F)(F)C(F)(F)C(F)(F)C(F)(F)C(F)(F)C(F)(F)C(F)(F)F.[I-]. The van der Waals surface area contributed by atoms with Crippen LogP contribution in [0.25, 0.3) is 0 Å². The topological polar surface area (TPSA) is 0 Å². The molecule has 0 bridgehead atoms. The molecule has 0 aliphatic carbocycles. The van der Waals surface area contributed by atoms with Crippen LogP contribution in [0.2, 0.25) is 0 Å². The average molecular weight is 2220 g/mol. The zero-order chi connectivity index (χ0) is 104. The first-order valence-electron chi connectivity index (χ1n) is 25.8. The average Bonchev–Trinajstić information content (AvgIpc) is 0.629. The summed E-state index contributed by atoms with van der Waals surface area (Å²) in [5.41, 5.74) is 0. The van der Waals surface area contributed by atoms with Crippen LogP contribution in [0.3, 0.4) is 0 Å². The summed E-state index contributed by atoms with van der Waals surface area (Å²) in [5.74, 6) is -382. The zero-order valence-corrected chi connectivity index (χ0v) is 54.7. The van der Waals surface area contributed by atoms with Crippen LogP contribution in [-0.2, 0) is 0 Å². The Morgan fingerprint density at radius 2 is 0.119 bits per heavy atom. The van der Waals surface area contributed by atoms with Gasteiger partial charge in [0.2, 0.25) is 0 Å². The van der Waals surface area contributed by atoms with Gasteiger partial charge < -0.3 is 24.0 Å². The Morgan fingerprint density at radius 1 is 0.0714 bits per heavy atom. The van der Waals surface area contributed by atoms with E-state index in [0.717, 1.165) is 0 Å². The highest BCUT2D eigenvalue weighted by atomic mass is 127. The van der Waals surface area contributed by atoms with Crippen molar-refractivity contribution in [3.63, 3.8) is 0 Å². The molecule has 0 rings (SSSR count). The Balaban J connectivity index is 0. The van der Waals surface area contributed by atoms with Crippen LogP contribution in [0.1, 0.15) is 0 Å². The van der Waals surface area contributed by atoms with E-state index in [0.29, 0.717) is 0 Å². The van der Waals surface area contributed by atoms with Crippen LogP contribution in [0.4, 0.5) is 369 Å². The zero-order valence-electron chi connectivity index (χ0n) is 52.6. The van der Waals surface area contributed by atoms with Gasteiger partial charge in [-0.15, -0.1) is 35.1 Å². The van der Waals surface area contributed by atoms with Gasteiger partial charge in [0.25, 0.3) is 0 Å². The van der Waals surface area contributed by atoms with Gasteiger partial charge in [0.05, 0.1) is 0 Å². The second kappa shape index (κ2) is 29.2. The van der Waals surface area contributed by atoms with Crippen molar-refractivity contribution in [1.29, 1.82) is 0 Å². The highest BCUT2D eigenvalue weighted by Crippen LogP contribution is 2.80. The maximum absolute atomic E-state index is 16.7. The van der Waals surface area contributed by atoms with Crippen LogP contribution in [0.15, 0.2) is 0 Å². The molecule has 0 atom stereocenters. The molecule has 0 aromatic rings. The quantitative estimate of drug-likeness (QED) is 0.0254. The number of hydrogen-bond donors (Lipinski definition) is 0. The van der Waals surface area contributed by atoms with E-state index < -0.39 is 243 Å². The Kier molecular flexibility index (Phi) is 28.4. The molecule has 0 fully saturated rings. The van der Waals surface area contributed by atoms with Gasteiger partial charge in [0.15, 0.2) is 0 Å². The Morgan fingerprint density at radius 3 is 0.175 bits per heavy atom. The lowest BCUT2D eigenvalue weighted by Gasteiger charge is -2.59. The molecule has 760 valence electrons. The molecule has 0 radical (unpaired) electrons. The summed E-state index contributed by atoms with van der Waals surface area (Å²) in [4.78, 5) is 0. The van der Waals surface area contributed by atoms with Crippen LogP contribution in [-0.4, -0.2) is 243 Å². The molecule has 0 unspecified atom stereocenters. The molecule has 0 heterocycles. The summed E-state index contributed by atoms with van der Waals surface area (Å²) in [5, 5.41) is 0. The van der Waals surface area contributed by atoms with Crippen molar-refractivity contribution in [3.8, 4) is 0 Å². The molecular formula is C40F84IN. The van der Waals surface area contributed by atoms with Crippen molar-refractivity contribution >= 4 is 0 Å². The molecule has 0 saturated carbocycles. The molecule has 0 aromatic heterocycles. The maximum atomic E-state index is 16.7. The van der Waals surface area contributed by atoms with Crippen LogP contribution in [0.5, 0.6) is 0 Å². The largest absolute Gasteiger partial charge is 1.00 e. The predicted molar refractivity (Wildman–Crippen MR) is 203 cm³/mol. The number of hydrogen-bond acceptors (Lipinski definition) is 0. The maximum Gasteiger partial charge on any atom is 0.476 e. The summed E-state index contributed by atoms with van der Waals surface area (Å²) in [6, 6.07) is -59.2. The Labute approximate surface area is 636 Å². The van der Waals surface area contributed by atoms with Gasteiger partial charge >= 0.3 is 238 Å². The normalized spacial score (nSPS) is 17.6. The number of rotatable bonds is 36. The Hall–Kier alpha value is -5.19. The molecule has 0 N–H and O–H groups in total. The summed E-state index contributed by atoms with van der Waals surface area (Å²) in [6.07, 6.45) is -38.1. The number of halogens is 85. The van der Waals surface area contributed by atoms with Crippen molar-refractivity contribution in [3.05, 3.63) is 0 Å². The molecule has 86 heteroatoms.